The summed E-state index contributed by atoms with van der Waals surface area (Å²) in [5.41, 5.74) is -6.33. The average molecular weight is 883 g/mol. The number of ketones is 1. The molecule has 1 heterocycles. The Hall–Kier alpha value is -4.20. The number of carbonyl (C=O) groups is 5. The predicted octanol–water partition coefficient (Wildman–Crippen LogP) is 3.71. The van der Waals surface area contributed by atoms with Crippen LogP contribution in [0.25, 0.3) is 0 Å². The molecule has 3 aliphatic carbocycles. The van der Waals surface area contributed by atoms with Gasteiger partial charge in [-0.05, 0) is 68.5 Å². The van der Waals surface area contributed by atoms with E-state index in [4.69, 9.17) is 28.4 Å². The van der Waals surface area contributed by atoms with Crippen LogP contribution in [-0.2, 0) is 42.8 Å². The number of hydrogen-bond acceptors (Lipinski definition) is 17. The van der Waals surface area contributed by atoms with Crippen LogP contribution in [0.2, 0.25) is 0 Å². The second-order valence-corrected chi connectivity index (χ2v) is 18.6. The smallest absolute Gasteiger partial charge is 0.367 e. The Balaban J connectivity index is 1.56. The van der Waals surface area contributed by atoms with Crippen LogP contribution in [0.15, 0.2) is 71.8 Å². The summed E-state index contributed by atoms with van der Waals surface area (Å²) in [6.07, 6.45) is -10.6. The highest BCUT2D eigenvalue weighted by atomic mass is 32.2. The number of carbonyl (C=O) groups excluding carboxylic acids is 5. The standard InChI is InChI=1S/C45H58N2O14S/c1-10-62-41(54)59-29-21-30-44(23-57-30,61-25(3)48)35-37(60-38(51)27-19-15-12-16-20-27)45(55)22-28(24(2)31(42(45,4)5)34(56-9)36(50)43(29,35)6)58-39(52)33(49)32(46-40(53)47(7)8)26-17-13-11-14-18-26/h11-20,28-30,32-35,37,40,46,49,53,55H,10,21-23H2,1-9H3/t28-,29-,30+,32-,33+,34+,35-,37-,40?,43+,44-,45+/m0/s1. The summed E-state index contributed by atoms with van der Waals surface area (Å²) in [5.74, 6) is -4.49. The molecule has 16 nitrogen and oxygen atoms in total. The molecule has 0 aromatic heterocycles. The number of Topliss-reactive ketones (excluding diaryl/α,β-unsaturated/α-hetero) is 1. The Morgan fingerprint density at radius 1 is 0.984 bits per heavy atom. The lowest BCUT2D eigenvalue weighted by molar-refractivity contribution is -0.345. The molecular formula is C45H58N2O14S. The first-order valence-electron chi connectivity index (χ1n) is 20.6. The van der Waals surface area contributed by atoms with Crippen molar-refractivity contribution in [1.82, 2.24) is 10.2 Å². The highest BCUT2D eigenvalue weighted by Crippen LogP contribution is 2.65. The molecule has 4 aliphatic rings. The third-order valence-corrected chi connectivity index (χ3v) is 14.0. The summed E-state index contributed by atoms with van der Waals surface area (Å²) in [4.78, 5) is 72.3. The number of aliphatic hydroxyl groups is 3. The van der Waals surface area contributed by atoms with Crippen LogP contribution in [0.1, 0.15) is 76.3 Å². The van der Waals surface area contributed by atoms with Crippen LogP contribution in [0.5, 0.6) is 0 Å². The molecule has 2 aromatic carbocycles. The first kappa shape index (κ1) is 47.3. The Kier molecular flexibility index (Phi) is 13.8. The molecule has 1 aliphatic heterocycles. The highest BCUT2D eigenvalue weighted by Gasteiger charge is 2.79. The number of hydrogen-bond donors (Lipinski definition) is 4. The topological polar surface area (TPSA) is 217 Å². The van der Waals surface area contributed by atoms with Crippen molar-refractivity contribution in [1.29, 1.82) is 0 Å². The summed E-state index contributed by atoms with van der Waals surface area (Å²) in [5, 5.41) is 38.4. The lowest BCUT2D eigenvalue weighted by Crippen LogP contribution is -2.82. The van der Waals surface area contributed by atoms with Gasteiger partial charge in [0.25, 0.3) is 0 Å². The number of thioether (sulfide) groups is 1. The molecule has 17 heteroatoms. The quantitative estimate of drug-likeness (QED) is 0.0976. The molecule has 2 saturated carbocycles. The molecule has 1 saturated heterocycles. The number of methoxy groups -OCH3 is 1. The van der Waals surface area contributed by atoms with Gasteiger partial charge in [-0.3, -0.25) is 19.8 Å². The van der Waals surface area contributed by atoms with E-state index in [-0.39, 0.29) is 24.2 Å². The molecule has 62 heavy (non-hydrogen) atoms. The van der Waals surface area contributed by atoms with Gasteiger partial charge in [0.15, 0.2) is 23.8 Å². The van der Waals surface area contributed by atoms with Crippen LogP contribution in [0.3, 0.4) is 0 Å². The molecule has 0 spiro atoms. The van der Waals surface area contributed by atoms with E-state index in [9.17, 15) is 34.5 Å². The second kappa shape index (κ2) is 18.1. The molecule has 0 radical (unpaired) electrons. The van der Waals surface area contributed by atoms with Crippen LogP contribution in [0.4, 0.5) is 4.79 Å². The van der Waals surface area contributed by atoms with Crippen molar-refractivity contribution in [3.63, 3.8) is 0 Å². The van der Waals surface area contributed by atoms with Gasteiger partial charge in [-0.2, -0.15) is 0 Å². The van der Waals surface area contributed by atoms with Gasteiger partial charge >= 0.3 is 23.2 Å². The van der Waals surface area contributed by atoms with Crippen LogP contribution >= 0.6 is 11.8 Å². The molecule has 2 aromatic rings. The first-order chi connectivity index (χ1) is 29.2. The number of ether oxygens (including phenoxy) is 6. The van der Waals surface area contributed by atoms with E-state index in [1.165, 1.54) is 31.1 Å². The maximum atomic E-state index is 15.8. The second-order valence-electron chi connectivity index (χ2n) is 17.4. The number of nitrogens with one attached hydrogen (secondary N) is 1. The van der Waals surface area contributed by atoms with Gasteiger partial charge in [0.05, 0.1) is 29.5 Å². The summed E-state index contributed by atoms with van der Waals surface area (Å²) in [6, 6.07) is 15.3. The number of fused-ring (bicyclic) bond motifs is 5. The molecule has 0 amide bonds. The molecule has 1 unspecified atom stereocenters. The van der Waals surface area contributed by atoms with Crippen molar-refractivity contribution >= 4 is 40.8 Å². The van der Waals surface area contributed by atoms with E-state index < -0.39 is 112 Å². The highest BCUT2D eigenvalue weighted by molar-refractivity contribution is 8.13. The molecule has 4 N–H and O–H groups in total. The number of aliphatic hydroxyl groups excluding tert-OH is 2. The minimum Gasteiger partial charge on any atom is -0.456 e. The number of esters is 3. The van der Waals surface area contributed by atoms with Gasteiger partial charge in [-0.25, -0.2) is 14.4 Å². The zero-order valence-corrected chi connectivity index (χ0v) is 37.3. The lowest BCUT2D eigenvalue weighted by atomic mass is 9.44. The Morgan fingerprint density at radius 3 is 2.16 bits per heavy atom. The van der Waals surface area contributed by atoms with Crippen molar-refractivity contribution in [3.05, 3.63) is 82.9 Å². The van der Waals surface area contributed by atoms with Gasteiger partial charge in [0, 0.05) is 38.0 Å². The fourth-order valence-corrected chi connectivity index (χ4v) is 10.5. The zero-order valence-electron chi connectivity index (χ0n) is 36.5. The maximum Gasteiger partial charge on any atom is 0.367 e. The summed E-state index contributed by atoms with van der Waals surface area (Å²) in [7, 11) is 4.51. The SMILES string of the molecule is CCSC(=O)O[C@H]1C[C@H]2OC[C@@]2(OC(C)=O)[C@H]2[C@H](OC(=O)c3ccccc3)[C@]3(O)C[C@H](OC(=O)[C@H](O)[C@@H](NC(O)N(C)C)c4ccccc4)C(C)=C([C@@H](OC)C(=O)[C@]12C)C3(C)C. The van der Waals surface area contributed by atoms with Gasteiger partial charge < -0.3 is 43.7 Å². The summed E-state index contributed by atoms with van der Waals surface area (Å²) in [6.45, 7) is 9.19. The molecule has 3 fully saturated rings. The fourth-order valence-electron chi connectivity index (χ4n) is 10.1. The van der Waals surface area contributed by atoms with Gasteiger partial charge in [0.2, 0.25) is 0 Å². The maximum absolute atomic E-state index is 15.8. The van der Waals surface area contributed by atoms with Crippen molar-refractivity contribution < 1.29 is 67.7 Å². The Bertz CT molecular complexity index is 2050. The Labute approximate surface area is 365 Å². The van der Waals surface area contributed by atoms with Gasteiger partial charge in [-0.1, -0.05) is 69.3 Å². The minimum atomic E-state index is -2.29. The number of rotatable bonds is 13. The fraction of sp³-hybridized carbons (Fsp3) is 0.578. The van der Waals surface area contributed by atoms with E-state index in [1.807, 2.05) is 0 Å². The predicted molar refractivity (Wildman–Crippen MR) is 224 cm³/mol. The van der Waals surface area contributed by atoms with Crippen molar-refractivity contribution in [2.24, 2.45) is 16.7 Å². The molecule has 2 bridgehead atoms. The normalized spacial score (nSPS) is 32.7. The first-order valence-corrected chi connectivity index (χ1v) is 21.6. The Morgan fingerprint density at radius 2 is 1.61 bits per heavy atom. The third-order valence-electron chi connectivity index (χ3n) is 13.4. The van der Waals surface area contributed by atoms with Crippen LogP contribution in [-0.4, -0.2) is 137 Å². The van der Waals surface area contributed by atoms with Crippen molar-refractivity contribution in [2.75, 3.05) is 33.6 Å². The number of nitrogens with zero attached hydrogens (tertiary/aromatic N) is 1. The van der Waals surface area contributed by atoms with E-state index in [0.29, 0.717) is 16.9 Å². The lowest BCUT2D eigenvalue weighted by Gasteiger charge is -2.67. The van der Waals surface area contributed by atoms with E-state index in [2.05, 4.69) is 5.32 Å². The van der Waals surface area contributed by atoms with Gasteiger partial charge in [0.1, 0.15) is 36.1 Å². The van der Waals surface area contributed by atoms with Crippen LogP contribution in [0, 0.1) is 16.7 Å². The summed E-state index contributed by atoms with van der Waals surface area (Å²) < 4.78 is 37.1. The van der Waals surface area contributed by atoms with Crippen molar-refractivity contribution in [2.45, 2.75) is 115 Å². The molecule has 6 rings (SSSR count). The molecule has 12 atom stereocenters. The molecular weight excluding hydrogens is 825 g/mol. The van der Waals surface area contributed by atoms with E-state index >= 15 is 4.79 Å². The van der Waals surface area contributed by atoms with Crippen molar-refractivity contribution in [3.8, 4) is 0 Å². The van der Waals surface area contributed by atoms with E-state index in [1.54, 1.807) is 97.2 Å². The summed E-state index contributed by atoms with van der Waals surface area (Å²) >= 11 is 0.884. The molecule has 338 valence electrons. The third kappa shape index (κ3) is 8.10. The minimum absolute atomic E-state index is 0.0884. The largest absolute Gasteiger partial charge is 0.456 e. The van der Waals surface area contributed by atoms with Crippen LogP contribution < -0.4 is 5.32 Å². The zero-order chi connectivity index (χ0) is 45.5. The monoisotopic (exact) mass is 882 g/mol. The van der Waals surface area contributed by atoms with E-state index in [0.717, 1.165) is 11.8 Å². The average Bonchev–Trinajstić information content (AvgIpc) is 3.22. The number of benzene rings is 2. The van der Waals surface area contributed by atoms with Gasteiger partial charge in [-0.15, -0.1) is 0 Å².